The number of carboxylic acid groups (broad SMARTS) is 1. The highest BCUT2D eigenvalue weighted by Gasteiger charge is 2.25. The predicted octanol–water partition coefficient (Wildman–Crippen LogP) is -0.281. The van der Waals surface area contributed by atoms with Crippen molar-refractivity contribution in [3.8, 4) is 0 Å². The monoisotopic (exact) mass is 259 g/mol. The fraction of sp³-hybridized carbons (Fsp3) is 0.300. The maximum Gasteiger partial charge on any atom is 0.324 e. The number of nitrogens with one attached hydrogen (secondary N) is 1. The number of sulfonamides is 1. The van der Waals surface area contributed by atoms with Crippen molar-refractivity contribution in [2.75, 3.05) is 6.61 Å². The Morgan fingerprint density at radius 3 is 2.47 bits per heavy atom. The number of benzene rings is 1. The first-order valence-corrected chi connectivity index (χ1v) is 6.28. The van der Waals surface area contributed by atoms with E-state index >= 15 is 0 Å². The molecular formula is C10H13NO5S. The van der Waals surface area contributed by atoms with Crippen LogP contribution in [0.4, 0.5) is 0 Å². The van der Waals surface area contributed by atoms with E-state index in [9.17, 15) is 13.2 Å². The van der Waals surface area contributed by atoms with Crippen LogP contribution in [0.3, 0.4) is 0 Å². The van der Waals surface area contributed by atoms with E-state index in [1.54, 1.807) is 19.1 Å². The lowest BCUT2D eigenvalue weighted by molar-refractivity contribution is -0.139. The van der Waals surface area contributed by atoms with E-state index < -0.39 is 28.6 Å². The third-order valence-electron chi connectivity index (χ3n) is 2.16. The number of carboxylic acids is 1. The molecule has 0 amide bonds. The van der Waals surface area contributed by atoms with Crippen LogP contribution in [0.25, 0.3) is 0 Å². The molecule has 1 aromatic rings. The number of hydrogen-bond donors (Lipinski definition) is 3. The summed E-state index contributed by atoms with van der Waals surface area (Å²) in [6.45, 7) is 0.795. The Labute approximate surface area is 99.0 Å². The van der Waals surface area contributed by atoms with Gasteiger partial charge in [0.2, 0.25) is 10.0 Å². The zero-order chi connectivity index (χ0) is 13.1. The highest BCUT2D eigenvalue weighted by Crippen LogP contribution is 2.14. The minimum absolute atomic E-state index is 0.000278. The largest absolute Gasteiger partial charge is 0.480 e. The average molecular weight is 259 g/mol. The van der Waals surface area contributed by atoms with Gasteiger partial charge in [0.15, 0.2) is 0 Å². The molecule has 0 spiro atoms. The van der Waals surface area contributed by atoms with Crippen LogP contribution < -0.4 is 4.72 Å². The molecule has 0 saturated heterocycles. The van der Waals surface area contributed by atoms with Gasteiger partial charge in [-0.25, -0.2) is 8.42 Å². The zero-order valence-corrected chi connectivity index (χ0v) is 9.94. The number of aliphatic carboxylic acids is 1. The fourth-order valence-corrected chi connectivity index (χ4v) is 2.70. The molecule has 0 aliphatic rings. The SMILES string of the molecule is Cc1ccccc1S(=O)(=O)N[C@H](CO)C(=O)O. The van der Waals surface area contributed by atoms with E-state index in [1.807, 2.05) is 4.72 Å². The Bertz CT molecular complexity index is 511. The molecule has 0 aromatic heterocycles. The van der Waals surface area contributed by atoms with Gasteiger partial charge in [-0.15, -0.1) is 0 Å². The van der Waals surface area contributed by atoms with Gasteiger partial charge in [-0.3, -0.25) is 4.79 Å². The molecule has 0 aliphatic carbocycles. The van der Waals surface area contributed by atoms with Gasteiger partial charge in [-0.2, -0.15) is 4.72 Å². The number of rotatable bonds is 5. The number of hydrogen-bond acceptors (Lipinski definition) is 4. The van der Waals surface area contributed by atoms with E-state index in [4.69, 9.17) is 10.2 Å². The van der Waals surface area contributed by atoms with Crippen molar-refractivity contribution in [2.45, 2.75) is 17.9 Å². The van der Waals surface area contributed by atoms with Crippen LogP contribution in [0.5, 0.6) is 0 Å². The van der Waals surface area contributed by atoms with Crippen LogP contribution in [-0.2, 0) is 14.8 Å². The molecule has 0 saturated carbocycles. The molecule has 3 N–H and O–H groups in total. The standard InChI is InChI=1S/C10H13NO5S/c1-7-4-2-3-5-9(7)17(15,16)11-8(6-12)10(13)14/h2-5,8,11-12H,6H2,1H3,(H,13,14)/t8-/m1/s1. The Hall–Kier alpha value is -1.44. The van der Waals surface area contributed by atoms with Crippen molar-refractivity contribution in [3.63, 3.8) is 0 Å². The average Bonchev–Trinajstić information content (AvgIpc) is 2.26. The second-order valence-electron chi connectivity index (χ2n) is 3.46. The number of aliphatic hydroxyl groups excluding tert-OH is 1. The second-order valence-corrected chi connectivity index (χ2v) is 5.14. The van der Waals surface area contributed by atoms with Crippen molar-refractivity contribution < 1.29 is 23.4 Å². The maximum absolute atomic E-state index is 11.8. The molecule has 0 aliphatic heterocycles. The van der Waals surface area contributed by atoms with E-state index in [0.29, 0.717) is 5.56 Å². The minimum atomic E-state index is -3.94. The summed E-state index contributed by atoms with van der Waals surface area (Å²) < 4.78 is 25.6. The molecule has 17 heavy (non-hydrogen) atoms. The molecule has 7 heteroatoms. The lowest BCUT2D eigenvalue weighted by atomic mass is 10.2. The summed E-state index contributed by atoms with van der Waals surface area (Å²) in [5.74, 6) is -1.43. The molecule has 1 rings (SSSR count). The molecule has 1 atom stereocenters. The molecule has 0 heterocycles. The Balaban J connectivity index is 3.05. The number of aliphatic hydroxyl groups is 1. The smallest absolute Gasteiger partial charge is 0.324 e. The summed E-state index contributed by atoms with van der Waals surface area (Å²) in [5, 5.41) is 17.4. The Morgan fingerprint density at radius 1 is 1.41 bits per heavy atom. The van der Waals surface area contributed by atoms with E-state index in [-0.39, 0.29) is 4.90 Å². The first-order valence-electron chi connectivity index (χ1n) is 4.80. The lowest BCUT2D eigenvalue weighted by Gasteiger charge is -2.13. The predicted molar refractivity (Wildman–Crippen MR) is 60.0 cm³/mol. The molecule has 1 aromatic carbocycles. The summed E-state index contributed by atoms with van der Waals surface area (Å²) >= 11 is 0. The van der Waals surface area contributed by atoms with Gasteiger partial charge < -0.3 is 10.2 Å². The summed E-state index contributed by atoms with van der Waals surface area (Å²) in [4.78, 5) is 10.6. The summed E-state index contributed by atoms with van der Waals surface area (Å²) in [6.07, 6.45) is 0. The maximum atomic E-state index is 11.8. The van der Waals surface area contributed by atoms with E-state index in [2.05, 4.69) is 0 Å². The van der Waals surface area contributed by atoms with Crippen molar-refractivity contribution in [3.05, 3.63) is 29.8 Å². The van der Waals surface area contributed by atoms with Gasteiger partial charge in [0.05, 0.1) is 11.5 Å². The minimum Gasteiger partial charge on any atom is -0.480 e. The topological polar surface area (TPSA) is 104 Å². The summed E-state index contributed by atoms with van der Waals surface area (Å²) in [7, 11) is -3.94. The van der Waals surface area contributed by atoms with E-state index in [0.717, 1.165) is 0 Å². The zero-order valence-electron chi connectivity index (χ0n) is 9.12. The molecule has 0 radical (unpaired) electrons. The summed E-state index contributed by atoms with van der Waals surface area (Å²) in [5.41, 5.74) is 0.502. The van der Waals surface area contributed by atoms with Gasteiger partial charge in [0.25, 0.3) is 0 Å². The quantitative estimate of drug-likeness (QED) is 0.674. The van der Waals surface area contributed by atoms with Crippen LogP contribution >= 0.6 is 0 Å². The van der Waals surface area contributed by atoms with Crippen LogP contribution in [0, 0.1) is 6.92 Å². The van der Waals surface area contributed by atoms with E-state index in [1.165, 1.54) is 12.1 Å². The van der Waals surface area contributed by atoms with Crippen LogP contribution in [0.1, 0.15) is 5.56 Å². The Morgan fingerprint density at radius 2 is 2.00 bits per heavy atom. The van der Waals surface area contributed by atoms with Crippen molar-refractivity contribution in [2.24, 2.45) is 0 Å². The molecule has 0 unspecified atom stereocenters. The normalized spacial score (nSPS) is 13.3. The van der Waals surface area contributed by atoms with Crippen molar-refractivity contribution in [1.82, 2.24) is 4.72 Å². The van der Waals surface area contributed by atoms with Crippen LogP contribution in [0.15, 0.2) is 29.2 Å². The van der Waals surface area contributed by atoms with Crippen molar-refractivity contribution in [1.29, 1.82) is 0 Å². The molecule has 94 valence electrons. The lowest BCUT2D eigenvalue weighted by Crippen LogP contribution is -2.43. The third kappa shape index (κ3) is 3.26. The van der Waals surface area contributed by atoms with Gasteiger partial charge in [-0.1, -0.05) is 18.2 Å². The Kier molecular flexibility index (Phi) is 4.22. The molecule has 0 fully saturated rings. The molecule has 6 nitrogen and oxygen atoms in total. The van der Waals surface area contributed by atoms with Gasteiger partial charge in [-0.05, 0) is 18.6 Å². The highest BCUT2D eigenvalue weighted by atomic mass is 32.2. The first kappa shape index (κ1) is 13.6. The summed E-state index contributed by atoms with van der Waals surface area (Å²) in [6, 6.07) is 4.64. The van der Waals surface area contributed by atoms with Crippen molar-refractivity contribution >= 4 is 16.0 Å². The second kappa shape index (κ2) is 5.26. The molecular weight excluding hydrogens is 246 g/mol. The highest BCUT2D eigenvalue weighted by molar-refractivity contribution is 7.89. The fourth-order valence-electron chi connectivity index (χ4n) is 1.27. The molecule has 0 bridgehead atoms. The van der Waals surface area contributed by atoms with Crippen LogP contribution in [-0.4, -0.2) is 37.2 Å². The number of carbonyl (C=O) groups is 1. The third-order valence-corrected chi connectivity index (χ3v) is 3.79. The number of aryl methyl sites for hydroxylation is 1. The first-order chi connectivity index (χ1) is 7.88. The van der Waals surface area contributed by atoms with Crippen LogP contribution in [0.2, 0.25) is 0 Å². The van der Waals surface area contributed by atoms with Gasteiger partial charge in [0, 0.05) is 0 Å². The van der Waals surface area contributed by atoms with Gasteiger partial charge in [0.1, 0.15) is 6.04 Å². The van der Waals surface area contributed by atoms with Gasteiger partial charge >= 0.3 is 5.97 Å².